The SMILES string of the molecule is O=C(CCSc1nnc(CN2CCCC2)n1-c1ccccc1)Nc1cccc(Cl)c1. The summed E-state index contributed by atoms with van der Waals surface area (Å²) in [6.45, 7) is 3.00. The van der Waals surface area contributed by atoms with Crippen LogP contribution in [-0.2, 0) is 11.3 Å². The number of para-hydroxylation sites is 1. The number of anilines is 1. The van der Waals surface area contributed by atoms with Crippen molar-refractivity contribution in [2.75, 3.05) is 24.2 Å². The predicted molar refractivity (Wildman–Crippen MR) is 121 cm³/mol. The standard InChI is InChI=1S/C22H24ClN5OS/c23-17-7-6-8-18(15-17)24-21(29)11-14-30-22-26-25-20(16-27-12-4-5-13-27)28(22)19-9-2-1-3-10-19/h1-3,6-10,15H,4-5,11-14,16H2,(H,24,29). The van der Waals surface area contributed by atoms with Gasteiger partial charge in [0.05, 0.1) is 6.54 Å². The first-order valence-electron chi connectivity index (χ1n) is 10.1. The fourth-order valence-corrected chi connectivity index (χ4v) is 4.60. The predicted octanol–water partition coefficient (Wildman–Crippen LogP) is 4.64. The van der Waals surface area contributed by atoms with Crippen molar-refractivity contribution in [3.63, 3.8) is 0 Å². The van der Waals surface area contributed by atoms with E-state index in [0.29, 0.717) is 22.9 Å². The zero-order valence-electron chi connectivity index (χ0n) is 16.6. The maximum absolute atomic E-state index is 12.3. The van der Waals surface area contributed by atoms with Crippen molar-refractivity contribution in [3.8, 4) is 5.69 Å². The Labute approximate surface area is 185 Å². The topological polar surface area (TPSA) is 63.1 Å². The molecule has 1 fully saturated rings. The minimum absolute atomic E-state index is 0.0483. The van der Waals surface area contributed by atoms with Gasteiger partial charge in [0.1, 0.15) is 0 Å². The molecule has 1 amide bonds. The summed E-state index contributed by atoms with van der Waals surface area (Å²) >= 11 is 7.52. The van der Waals surface area contributed by atoms with E-state index >= 15 is 0 Å². The van der Waals surface area contributed by atoms with Crippen LogP contribution in [0.15, 0.2) is 59.8 Å². The molecule has 2 aromatic carbocycles. The summed E-state index contributed by atoms with van der Waals surface area (Å²) in [6.07, 6.45) is 2.85. The maximum atomic E-state index is 12.3. The van der Waals surface area contributed by atoms with Gasteiger partial charge in [-0.15, -0.1) is 10.2 Å². The van der Waals surface area contributed by atoms with Crippen LogP contribution in [0.3, 0.4) is 0 Å². The number of carbonyl (C=O) groups excluding carboxylic acids is 1. The molecule has 0 radical (unpaired) electrons. The van der Waals surface area contributed by atoms with Crippen LogP contribution in [0.25, 0.3) is 5.69 Å². The number of halogens is 1. The summed E-state index contributed by atoms with van der Waals surface area (Å²) in [6, 6.07) is 17.3. The normalized spacial score (nSPS) is 14.2. The van der Waals surface area contributed by atoms with Gasteiger partial charge < -0.3 is 5.32 Å². The third-order valence-corrected chi connectivity index (χ3v) is 6.11. The molecular weight excluding hydrogens is 418 g/mol. The van der Waals surface area contributed by atoms with Crippen molar-refractivity contribution in [2.45, 2.75) is 31.0 Å². The van der Waals surface area contributed by atoms with E-state index in [-0.39, 0.29) is 5.91 Å². The number of nitrogens with one attached hydrogen (secondary N) is 1. The van der Waals surface area contributed by atoms with Crippen LogP contribution in [0.4, 0.5) is 5.69 Å². The molecule has 1 aliphatic heterocycles. The molecule has 6 nitrogen and oxygen atoms in total. The van der Waals surface area contributed by atoms with Gasteiger partial charge in [-0.05, 0) is 56.3 Å². The zero-order chi connectivity index (χ0) is 20.8. The molecule has 0 aliphatic carbocycles. The second kappa shape index (κ2) is 10.1. The summed E-state index contributed by atoms with van der Waals surface area (Å²) < 4.78 is 2.11. The average molecular weight is 442 g/mol. The highest BCUT2D eigenvalue weighted by Crippen LogP contribution is 2.24. The lowest BCUT2D eigenvalue weighted by molar-refractivity contribution is -0.115. The number of hydrogen-bond acceptors (Lipinski definition) is 5. The lowest BCUT2D eigenvalue weighted by Crippen LogP contribution is -2.21. The summed E-state index contributed by atoms with van der Waals surface area (Å²) in [5.74, 6) is 1.50. The number of amides is 1. The van der Waals surface area contributed by atoms with Gasteiger partial charge in [0.2, 0.25) is 5.91 Å². The van der Waals surface area contributed by atoms with Crippen molar-refractivity contribution >= 4 is 35.0 Å². The van der Waals surface area contributed by atoms with Crippen molar-refractivity contribution in [3.05, 3.63) is 65.4 Å². The van der Waals surface area contributed by atoms with Gasteiger partial charge in [0.15, 0.2) is 11.0 Å². The van der Waals surface area contributed by atoms with Gasteiger partial charge in [-0.3, -0.25) is 14.3 Å². The fraction of sp³-hybridized carbons (Fsp3) is 0.318. The Kier molecular flexibility index (Phi) is 7.04. The van der Waals surface area contributed by atoms with Gasteiger partial charge in [0.25, 0.3) is 0 Å². The molecule has 156 valence electrons. The lowest BCUT2D eigenvalue weighted by Gasteiger charge is -2.16. The smallest absolute Gasteiger partial charge is 0.225 e. The molecule has 8 heteroatoms. The number of thioether (sulfide) groups is 1. The third kappa shape index (κ3) is 5.41. The van der Waals surface area contributed by atoms with Gasteiger partial charge in [-0.2, -0.15) is 0 Å². The number of carbonyl (C=O) groups is 1. The Hall–Kier alpha value is -2.35. The van der Waals surface area contributed by atoms with Crippen molar-refractivity contribution in [1.29, 1.82) is 0 Å². The van der Waals surface area contributed by atoms with Crippen LogP contribution in [0.5, 0.6) is 0 Å². The van der Waals surface area contributed by atoms with Crippen LogP contribution in [0.2, 0.25) is 5.02 Å². The zero-order valence-corrected chi connectivity index (χ0v) is 18.2. The number of hydrogen-bond donors (Lipinski definition) is 1. The van der Waals surface area contributed by atoms with E-state index in [4.69, 9.17) is 11.6 Å². The van der Waals surface area contributed by atoms with Gasteiger partial charge in [-0.1, -0.05) is 47.6 Å². The molecule has 0 unspecified atom stereocenters. The van der Waals surface area contributed by atoms with E-state index in [0.717, 1.165) is 36.3 Å². The van der Waals surface area contributed by atoms with Crippen molar-refractivity contribution in [1.82, 2.24) is 19.7 Å². The molecular formula is C22H24ClN5OS. The molecule has 1 N–H and O–H groups in total. The largest absolute Gasteiger partial charge is 0.326 e. The van der Waals surface area contributed by atoms with E-state index in [9.17, 15) is 4.79 Å². The molecule has 0 atom stereocenters. The van der Waals surface area contributed by atoms with Crippen LogP contribution in [0, 0.1) is 0 Å². The van der Waals surface area contributed by atoms with Crippen molar-refractivity contribution in [2.24, 2.45) is 0 Å². The quantitative estimate of drug-likeness (QED) is 0.516. The Morgan fingerprint density at radius 3 is 2.63 bits per heavy atom. The fourth-order valence-electron chi connectivity index (χ4n) is 3.50. The molecule has 30 heavy (non-hydrogen) atoms. The number of benzene rings is 2. The van der Waals surface area contributed by atoms with Crippen molar-refractivity contribution < 1.29 is 4.79 Å². The average Bonchev–Trinajstić information content (AvgIpc) is 3.39. The molecule has 0 bridgehead atoms. The summed E-state index contributed by atoms with van der Waals surface area (Å²) in [5, 5.41) is 13.2. The molecule has 1 saturated heterocycles. The molecule has 1 aliphatic rings. The molecule has 0 spiro atoms. The maximum Gasteiger partial charge on any atom is 0.225 e. The van der Waals surface area contributed by atoms with Crippen LogP contribution in [-0.4, -0.2) is 44.4 Å². The Morgan fingerprint density at radius 2 is 1.87 bits per heavy atom. The molecule has 0 saturated carbocycles. The van der Waals surface area contributed by atoms with Gasteiger partial charge >= 0.3 is 0 Å². The highest BCUT2D eigenvalue weighted by Gasteiger charge is 2.19. The summed E-state index contributed by atoms with van der Waals surface area (Å²) in [5.41, 5.74) is 1.75. The monoisotopic (exact) mass is 441 g/mol. The Morgan fingerprint density at radius 1 is 1.07 bits per heavy atom. The molecule has 2 heterocycles. The number of likely N-dealkylation sites (tertiary alicyclic amines) is 1. The van der Waals surface area contributed by atoms with E-state index in [1.54, 1.807) is 23.9 Å². The summed E-state index contributed by atoms with van der Waals surface area (Å²) in [4.78, 5) is 14.7. The highest BCUT2D eigenvalue weighted by molar-refractivity contribution is 7.99. The summed E-state index contributed by atoms with van der Waals surface area (Å²) in [7, 11) is 0. The minimum atomic E-state index is -0.0483. The first kappa shape index (κ1) is 20.9. The second-order valence-corrected chi connectivity index (χ2v) is 8.71. The van der Waals surface area contributed by atoms with E-state index in [1.807, 2.05) is 30.3 Å². The third-order valence-electron chi connectivity index (χ3n) is 4.95. The number of rotatable bonds is 8. The second-order valence-electron chi connectivity index (χ2n) is 7.21. The first-order valence-corrected chi connectivity index (χ1v) is 11.5. The molecule has 1 aromatic heterocycles. The Balaban J connectivity index is 1.41. The van der Waals surface area contributed by atoms with Crippen LogP contribution in [0.1, 0.15) is 25.1 Å². The lowest BCUT2D eigenvalue weighted by atomic mass is 10.3. The van der Waals surface area contributed by atoms with Gasteiger partial charge in [-0.25, -0.2) is 0 Å². The van der Waals surface area contributed by atoms with Crippen LogP contribution >= 0.6 is 23.4 Å². The van der Waals surface area contributed by atoms with Crippen LogP contribution < -0.4 is 5.32 Å². The highest BCUT2D eigenvalue weighted by atomic mass is 35.5. The molecule has 4 rings (SSSR count). The van der Waals surface area contributed by atoms with Gasteiger partial charge in [0, 0.05) is 28.6 Å². The first-order chi connectivity index (χ1) is 14.7. The number of nitrogens with zero attached hydrogens (tertiary/aromatic N) is 4. The molecule has 3 aromatic rings. The number of aromatic nitrogens is 3. The minimum Gasteiger partial charge on any atom is -0.326 e. The van der Waals surface area contributed by atoms with E-state index in [2.05, 4.69) is 37.1 Å². The Bertz CT molecular complexity index is 988. The van der Waals surface area contributed by atoms with E-state index < -0.39 is 0 Å². The van der Waals surface area contributed by atoms with E-state index in [1.165, 1.54) is 12.8 Å².